The van der Waals surface area contributed by atoms with Gasteiger partial charge in [-0.25, -0.2) is 0 Å². The summed E-state index contributed by atoms with van der Waals surface area (Å²) in [7, 11) is 1.76. The Bertz CT molecular complexity index is 854. The third kappa shape index (κ3) is 3.51. The molecule has 1 aromatic carbocycles. The summed E-state index contributed by atoms with van der Waals surface area (Å²) in [6, 6.07) is 6.47. The van der Waals surface area contributed by atoms with Crippen molar-refractivity contribution in [2.45, 2.75) is 47.1 Å². The molecule has 1 aliphatic heterocycles. The highest BCUT2D eigenvalue weighted by Gasteiger charge is 2.20. The van der Waals surface area contributed by atoms with Gasteiger partial charge in [-0.15, -0.1) is 0 Å². The summed E-state index contributed by atoms with van der Waals surface area (Å²) in [5.41, 5.74) is 6.22. The molecule has 0 bridgehead atoms. The number of allylic oxidation sites excluding steroid dienone is 4. The Hall–Kier alpha value is -2.42. The van der Waals surface area contributed by atoms with Crippen LogP contribution in [-0.4, -0.2) is 23.5 Å². The van der Waals surface area contributed by atoms with Crippen molar-refractivity contribution in [3.05, 3.63) is 58.8 Å². The Morgan fingerprint density at radius 2 is 2.00 bits per heavy atom. The molecule has 0 radical (unpaired) electrons. The topological polar surface area (TPSA) is 41.1 Å². The van der Waals surface area contributed by atoms with Crippen molar-refractivity contribution >= 4 is 22.8 Å². The SMILES string of the molecule is C/C=C(C=NC)/C(=C/C)C(=N)c1cn2c3c(cccc13)CCC2.CC.[HH]. The van der Waals surface area contributed by atoms with Crippen molar-refractivity contribution in [3.8, 4) is 0 Å². The Morgan fingerprint density at radius 3 is 2.64 bits per heavy atom. The predicted molar refractivity (Wildman–Crippen MR) is 112 cm³/mol. The molecule has 0 saturated heterocycles. The maximum atomic E-state index is 8.78. The van der Waals surface area contributed by atoms with Gasteiger partial charge in [0.05, 0.1) is 11.2 Å². The lowest BCUT2D eigenvalue weighted by Gasteiger charge is -2.14. The minimum absolute atomic E-state index is 0. The van der Waals surface area contributed by atoms with Gasteiger partial charge in [0, 0.05) is 44.0 Å². The van der Waals surface area contributed by atoms with Gasteiger partial charge in [-0.3, -0.25) is 10.4 Å². The van der Waals surface area contributed by atoms with Crippen LogP contribution in [0.15, 0.2) is 52.7 Å². The monoisotopic (exact) mass is 337 g/mol. The van der Waals surface area contributed by atoms with Gasteiger partial charge >= 0.3 is 0 Å². The molecule has 0 saturated carbocycles. The van der Waals surface area contributed by atoms with Crippen LogP contribution in [0.3, 0.4) is 0 Å². The number of nitrogens with zero attached hydrogens (tertiary/aromatic N) is 2. The molecule has 2 aromatic rings. The minimum Gasteiger partial charge on any atom is -0.347 e. The van der Waals surface area contributed by atoms with E-state index in [1.165, 1.54) is 22.9 Å². The first kappa shape index (κ1) is 18.9. The van der Waals surface area contributed by atoms with Crippen LogP contribution in [0.1, 0.15) is 46.7 Å². The lowest BCUT2D eigenvalue weighted by atomic mass is 9.94. The molecular formula is C22H31N3. The molecule has 25 heavy (non-hydrogen) atoms. The van der Waals surface area contributed by atoms with Crippen molar-refractivity contribution in [1.29, 1.82) is 5.41 Å². The van der Waals surface area contributed by atoms with Crippen LogP contribution in [-0.2, 0) is 13.0 Å². The van der Waals surface area contributed by atoms with Gasteiger partial charge in [0.25, 0.3) is 0 Å². The summed E-state index contributed by atoms with van der Waals surface area (Å²) in [6.45, 7) is 9.02. The van der Waals surface area contributed by atoms with E-state index < -0.39 is 0 Å². The molecule has 134 valence electrons. The number of aromatic nitrogens is 1. The van der Waals surface area contributed by atoms with Gasteiger partial charge in [0.1, 0.15) is 0 Å². The fraction of sp³-hybridized carbons (Fsp3) is 0.364. The van der Waals surface area contributed by atoms with Crippen molar-refractivity contribution in [2.24, 2.45) is 4.99 Å². The normalized spacial score (nSPS) is 14.6. The lowest BCUT2D eigenvalue weighted by molar-refractivity contribution is 0.636. The van der Waals surface area contributed by atoms with E-state index in [0.717, 1.165) is 29.7 Å². The number of aryl methyl sites for hydroxylation is 2. The summed E-state index contributed by atoms with van der Waals surface area (Å²) in [5, 5.41) is 9.97. The third-order valence-corrected chi connectivity index (χ3v) is 4.54. The summed E-state index contributed by atoms with van der Waals surface area (Å²) < 4.78 is 2.31. The molecule has 1 N–H and O–H groups in total. The van der Waals surface area contributed by atoms with Crippen LogP contribution in [0.5, 0.6) is 0 Å². The van der Waals surface area contributed by atoms with E-state index in [1.807, 2.05) is 46.1 Å². The zero-order valence-electron chi connectivity index (χ0n) is 16.1. The van der Waals surface area contributed by atoms with Crippen molar-refractivity contribution in [1.82, 2.24) is 4.57 Å². The fourth-order valence-electron chi connectivity index (χ4n) is 3.49. The molecule has 3 rings (SSSR count). The van der Waals surface area contributed by atoms with Crippen LogP contribution < -0.4 is 0 Å². The van der Waals surface area contributed by atoms with E-state index in [1.54, 1.807) is 7.05 Å². The van der Waals surface area contributed by atoms with Crippen molar-refractivity contribution in [2.75, 3.05) is 7.05 Å². The summed E-state index contributed by atoms with van der Waals surface area (Å²) >= 11 is 0. The standard InChI is InChI=1S/C20H23N3.C2H6.H2/c1-4-14(12-22-3)16(5-2)19(21)18-13-23-11-7-9-15-8-6-10-17(18)20(15)23;1-2;/h4-6,8,10,12-13,21H,7,9,11H2,1-3H3;1-2H3;1H/b14-4+,16-5-,21-19?,22-12?;;. The van der Waals surface area contributed by atoms with Gasteiger partial charge in [0.2, 0.25) is 0 Å². The van der Waals surface area contributed by atoms with Crippen molar-refractivity contribution < 1.29 is 1.43 Å². The second-order valence-electron chi connectivity index (χ2n) is 5.86. The van der Waals surface area contributed by atoms with Crippen LogP contribution in [0.25, 0.3) is 10.9 Å². The number of para-hydroxylation sites is 1. The van der Waals surface area contributed by atoms with Gasteiger partial charge in [-0.05, 0) is 37.8 Å². The minimum atomic E-state index is 0. The molecule has 3 heteroatoms. The van der Waals surface area contributed by atoms with Gasteiger partial charge < -0.3 is 4.57 Å². The molecule has 2 heterocycles. The molecule has 3 nitrogen and oxygen atoms in total. The van der Waals surface area contributed by atoms with Crippen molar-refractivity contribution in [3.63, 3.8) is 0 Å². The molecule has 0 fully saturated rings. The largest absolute Gasteiger partial charge is 0.347 e. The average Bonchev–Trinajstić information content (AvgIpc) is 3.04. The molecule has 0 atom stereocenters. The highest BCUT2D eigenvalue weighted by Crippen LogP contribution is 2.31. The Balaban J connectivity index is 0.00000109. The molecule has 1 aliphatic rings. The predicted octanol–water partition coefficient (Wildman–Crippen LogP) is 5.82. The number of benzene rings is 1. The van der Waals surface area contributed by atoms with E-state index in [9.17, 15) is 0 Å². The first-order chi connectivity index (χ1) is 12.2. The Morgan fingerprint density at radius 1 is 1.24 bits per heavy atom. The van der Waals surface area contributed by atoms with E-state index in [0.29, 0.717) is 5.71 Å². The second kappa shape index (κ2) is 8.61. The summed E-state index contributed by atoms with van der Waals surface area (Å²) in [5.74, 6) is 0. The maximum Gasteiger partial charge on any atom is 0.0709 e. The number of rotatable bonds is 4. The molecule has 0 spiro atoms. The van der Waals surface area contributed by atoms with Crippen LogP contribution in [0.2, 0.25) is 0 Å². The Labute approximate surface area is 152 Å². The first-order valence-electron chi connectivity index (χ1n) is 9.16. The number of hydrogen-bond donors (Lipinski definition) is 1. The Kier molecular flexibility index (Phi) is 6.51. The van der Waals surface area contributed by atoms with Gasteiger partial charge in [-0.2, -0.15) is 0 Å². The van der Waals surface area contributed by atoms with Crippen LogP contribution >= 0.6 is 0 Å². The van der Waals surface area contributed by atoms with Crippen LogP contribution in [0, 0.1) is 5.41 Å². The quantitative estimate of drug-likeness (QED) is 0.539. The van der Waals surface area contributed by atoms with Crippen LogP contribution in [0.4, 0.5) is 0 Å². The molecule has 0 amide bonds. The number of hydrogen-bond acceptors (Lipinski definition) is 2. The highest BCUT2D eigenvalue weighted by atomic mass is 15.0. The number of nitrogens with one attached hydrogen (secondary N) is 1. The maximum absolute atomic E-state index is 8.78. The van der Waals surface area contributed by atoms with Gasteiger partial charge in [0.15, 0.2) is 0 Å². The second-order valence-corrected chi connectivity index (χ2v) is 5.86. The smallest absolute Gasteiger partial charge is 0.0709 e. The fourth-order valence-corrected chi connectivity index (χ4v) is 3.49. The van der Waals surface area contributed by atoms with E-state index in [2.05, 4.69) is 34.0 Å². The summed E-state index contributed by atoms with van der Waals surface area (Å²) in [4.78, 5) is 4.12. The average molecular weight is 338 g/mol. The van der Waals surface area contributed by atoms with Gasteiger partial charge in [-0.1, -0.05) is 44.2 Å². The zero-order chi connectivity index (χ0) is 18.4. The van der Waals surface area contributed by atoms with E-state index in [-0.39, 0.29) is 1.43 Å². The lowest BCUT2D eigenvalue weighted by Crippen LogP contribution is -2.07. The van der Waals surface area contributed by atoms with E-state index >= 15 is 0 Å². The zero-order valence-corrected chi connectivity index (χ0v) is 16.1. The molecule has 0 unspecified atom stereocenters. The molecule has 1 aromatic heterocycles. The van der Waals surface area contributed by atoms with E-state index in [4.69, 9.17) is 5.41 Å². The first-order valence-corrected chi connectivity index (χ1v) is 9.16. The molecule has 0 aliphatic carbocycles. The third-order valence-electron chi connectivity index (χ3n) is 4.54. The summed E-state index contributed by atoms with van der Waals surface area (Å²) in [6.07, 6.45) is 10.3. The molecular weight excluding hydrogens is 306 g/mol. The number of aliphatic imine (C=N–C) groups is 1. The highest BCUT2D eigenvalue weighted by molar-refractivity contribution is 6.22.